The second-order valence-electron chi connectivity index (χ2n) is 6.65. The van der Waals surface area contributed by atoms with Crippen molar-refractivity contribution in [2.45, 2.75) is 20.8 Å². The molecule has 0 spiro atoms. The predicted molar refractivity (Wildman–Crippen MR) is 117 cm³/mol. The van der Waals surface area contributed by atoms with E-state index in [0.29, 0.717) is 11.4 Å². The molecule has 3 aromatic rings. The third-order valence-corrected chi connectivity index (χ3v) is 5.10. The maximum Gasteiger partial charge on any atom is 0.261 e. The Hall–Kier alpha value is -3.18. The molecule has 0 saturated heterocycles. The monoisotopic (exact) mass is 390 g/mol. The first-order chi connectivity index (χ1) is 13.4. The van der Waals surface area contributed by atoms with E-state index in [1.54, 1.807) is 6.08 Å². The Balaban J connectivity index is 1.86. The number of amides is 2. The van der Waals surface area contributed by atoms with Crippen molar-refractivity contribution in [3.05, 3.63) is 87.1 Å². The molecule has 1 aromatic heterocycles. The highest BCUT2D eigenvalue weighted by Crippen LogP contribution is 2.20. The highest BCUT2D eigenvalue weighted by molar-refractivity contribution is 7.12. The smallest absolute Gasteiger partial charge is 0.261 e. The first kappa shape index (κ1) is 19.6. The minimum Gasteiger partial charge on any atom is -0.322 e. The van der Waals surface area contributed by atoms with Gasteiger partial charge in [0.05, 0.1) is 0 Å². The van der Waals surface area contributed by atoms with E-state index < -0.39 is 11.8 Å². The standard InChI is InChI=1S/C23H22N2O2S/c1-15-4-9-18(10-5-15)24-22(26)21(14-20-13-8-17(3)28-20)23(27)25-19-11-6-16(2)7-12-19/h4-14H,1-3H3,(H,24,26)(H,25,27). The predicted octanol–water partition coefficient (Wildman–Crippen LogP) is 5.33. The van der Waals surface area contributed by atoms with Gasteiger partial charge in [-0.1, -0.05) is 35.4 Å². The molecule has 3 rings (SSSR count). The Kier molecular flexibility index (Phi) is 6.06. The van der Waals surface area contributed by atoms with Gasteiger partial charge in [0, 0.05) is 21.1 Å². The molecule has 0 aliphatic rings. The molecule has 4 nitrogen and oxygen atoms in total. The molecule has 0 aliphatic carbocycles. The first-order valence-corrected chi connectivity index (χ1v) is 9.76. The number of aryl methyl sites for hydroxylation is 3. The highest BCUT2D eigenvalue weighted by atomic mass is 32.1. The number of thiophene rings is 1. The van der Waals surface area contributed by atoms with Crippen molar-refractivity contribution in [2.75, 3.05) is 10.6 Å². The molecule has 2 amide bonds. The van der Waals surface area contributed by atoms with Gasteiger partial charge in [-0.3, -0.25) is 9.59 Å². The van der Waals surface area contributed by atoms with E-state index in [9.17, 15) is 9.59 Å². The summed E-state index contributed by atoms with van der Waals surface area (Å²) in [4.78, 5) is 27.7. The van der Waals surface area contributed by atoms with Gasteiger partial charge in [0.15, 0.2) is 0 Å². The van der Waals surface area contributed by atoms with Gasteiger partial charge >= 0.3 is 0 Å². The third kappa shape index (κ3) is 5.18. The van der Waals surface area contributed by atoms with Gasteiger partial charge in [0.1, 0.15) is 5.57 Å². The van der Waals surface area contributed by atoms with Crippen molar-refractivity contribution < 1.29 is 9.59 Å². The fourth-order valence-corrected chi connectivity index (χ4v) is 3.40. The van der Waals surface area contributed by atoms with Gasteiger partial charge in [-0.15, -0.1) is 11.3 Å². The number of benzene rings is 2. The number of carbonyl (C=O) groups excluding carboxylic acids is 2. The lowest BCUT2D eigenvalue weighted by atomic mass is 10.1. The van der Waals surface area contributed by atoms with Gasteiger partial charge < -0.3 is 10.6 Å². The molecule has 0 saturated carbocycles. The van der Waals surface area contributed by atoms with Crippen LogP contribution in [0.5, 0.6) is 0 Å². The number of hydrogen-bond donors (Lipinski definition) is 2. The molecule has 0 bridgehead atoms. The molecule has 2 aromatic carbocycles. The summed E-state index contributed by atoms with van der Waals surface area (Å²) < 4.78 is 0. The van der Waals surface area contributed by atoms with Crippen molar-refractivity contribution in [3.8, 4) is 0 Å². The van der Waals surface area contributed by atoms with Crippen LogP contribution in [0.1, 0.15) is 20.9 Å². The van der Waals surface area contributed by atoms with E-state index in [1.807, 2.05) is 81.4 Å². The van der Waals surface area contributed by atoms with Gasteiger partial charge in [-0.2, -0.15) is 0 Å². The van der Waals surface area contributed by atoms with Crippen LogP contribution in [0.4, 0.5) is 11.4 Å². The summed E-state index contributed by atoms with van der Waals surface area (Å²) >= 11 is 1.53. The van der Waals surface area contributed by atoms with Crippen molar-refractivity contribution >= 4 is 40.6 Å². The minimum atomic E-state index is -0.445. The van der Waals surface area contributed by atoms with Crippen LogP contribution in [-0.4, -0.2) is 11.8 Å². The van der Waals surface area contributed by atoms with E-state index >= 15 is 0 Å². The van der Waals surface area contributed by atoms with Crippen LogP contribution >= 0.6 is 11.3 Å². The topological polar surface area (TPSA) is 58.2 Å². The van der Waals surface area contributed by atoms with Gasteiger partial charge in [0.2, 0.25) is 0 Å². The Morgan fingerprint density at radius 3 is 1.57 bits per heavy atom. The van der Waals surface area contributed by atoms with E-state index in [0.717, 1.165) is 20.9 Å². The number of carbonyl (C=O) groups is 2. The zero-order chi connectivity index (χ0) is 20.1. The Morgan fingerprint density at radius 2 is 1.18 bits per heavy atom. The van der Waals surface area contributed by atoms with E-state index in [4.69, 9.17) is 0 Å². The summed E-state index contributed by atoms with van der Waals surface area (Å²) in [6, 6.07) is 18.8. The average molecular weight is 391 g/mol. The summed E-state index contributed by atoms with van der Waals surface area (Å²) in [5.41, 5.74) is 3.54. The molecule has 0 radical (unpaired) electrons. The normalized spacial score (nSPS) is 10.2. The van der Waals surface area contributed by atoms with Gasteiger partial charge in [-0.05, 0) is 63.2 Å². The fourth-order valence-electron chi connectivity index (χ4n) is 2.58. The molecule has 2 N–H and O–H groups in total. The fraction of sp³-hybridized carbons (Fsp3) is 0.130. The zero-order valence-corrected chi connectivity index (χ0v) is 16.9. The van der Waals surface area contributed by atoms with Crippen LogP contribution in [0, 0.1) is 20.8 Å². The van der Waals surface area contributed by atoms with E-state index in [2.05, 4.69) is 10.6 Å². The molecular weight excluding hydrogens is 368 g/mol. The molecule has 0 aliphatic heterocycles. The lowest BCUT2D eigenvalue weighted by Crippen LogP contribution is -2.25. The van der Waals surface area contributed by atoms with Gasteiger partial charge in [-0.25, -0.2) is 0 Å². The SMILES string of the molecule is Cc1ccc(NC(=O)C(=Cc2ccc(C)s2)C(=O)Nc2ccc(C)cc2)cc1. The molecule has 0 fully saturated rings. The Bertz CT molecular complexity index is 954. The van der Waals surface area contributed by atoms with Crippen molar-refractivity contribution in [3.63, 3.8) is 0 Å². The zero-order valence-electron chi connectivity index (χ0n) is 16.1. The maximum atomic E-state index is 12.9. The van der Waals surface area contributed by atoms with Crippen LogP contribution < -0.4 is 10.6 Å². The summed E-state index contributed by atoms with van der Waals surface area (Å²) in [5, 5.41) is 5.62. The second kappa shape index (κ2) is 8.67. The lowest BCUT2D eigenvalue weighted by molar-refractivity contribution is -0.118. The summed E-state index contributed by atoms with van der Waals surface area (Å²) in [6.07, 6.45) is 1.63. The summed E-state index contributed by atoms with van der Waals surface area (Å²) in [7, 11) is 0. The van der Waals surface area contributed by atoms with Crippen LogP contribution in [0.2, 0.25) is 0 Å². The molecule has 0 atom stereocenters. The Labute approximate surface area is 168 Å². The molecule has 1 heterocycles. The minimum absolute atomic E-state index is 0.0583. The molecule has 5 heteroatoms. The number of anilines is 2. The van der Waals surface area contributed by atoms with Gasteiger partial charge in [0.25, 0.3) is 11.8 Å². The number of hydrogen-bond acceptors (Lipinski definition) is 3. The van der Waals surface area contributed by atoms with Crippen LogP contribution in [0.25, 0.3) is 6.08 Å². The third-order valence-electron chi connectivity index (χ3n) is 4.16. The van der Waals surface area contributed by atoms with E-state index in [-0.39, 0.29) is 5.57 Å². The molecule has 142 valence electrons. The average Bonchev–Trinajstić information content (AvgIpc) is 3.08. The highest BCUT2D eigenvalue weighted by Gasteiger charge is 2.19. The quantitative estimate of drug-likeness (QED) is 0.351. The number of rotatable bonds is 5. The summed E-state index contributed by atoms with van der Waals surface area (Å²) in [5.74, 6) is -0.890. The van der Waals surface area contributed by atoms with Crippen LogP contribution in [0.15, 0.2) is 66.2 Å². The lowest BCUT2D eigenvalue weighted by Gasteiger charge is -2.10. The molecule has 28 heavy (non-hydrogen) atoms. The molecular formula is C23H22N2O2S. The first-order valence-electron chi connectivity index (χ1n) is 8.95. The van der Waals surface area contributed by atoms with Crippen molar-refractivity contribution in [1.82, 2.24) is 0 Å². The van der Waals surface area contributed by atoms with Crippen LogP contribution in [-0.2, 0) is 9.59 Å². The maximum absolute atomic E-state index is 12.9. The van der Waals surface area contributed by atoms with Crippen LogP contribution in [0.3, 0.4) is 0 Å². The second-order valence-corrected chi connectivity index (χ2v) is 7.97. The van der Waals surface area contributed by atoms with E-state index in [1.165, 1.54) is 11.3 Å². The summed E-state index contributed by atoms with van der Waals surface area (Å²) in [6.45, 7) is 5.94. The Morgan fingerprint density at radius 1 is 0.714 bits per heavy atom. The van der Waals surface area contributed by atoms with Crippen molar-refractivity contribution in [1.29, 1.82) is 0 Å². The van der Waals surface area contributed by atoms with Crippen molar-refractivity contribution in [2.24, 2.45) is 0 Å². The number of nitrogens with one attached hydrogen (secondary N) is 2. The molecule has 0 unspecified atom stereocenters. The largest absolute Gasteiger partial charge is 0.322 e.